The van der Waals surface area contributed by atoms with E-state index in [4.69, 9.17) is 5.73 Å². The summed E-state index contributed by atoms with van der Waals surface area (Å²) < 4.78 is 0. The van der Waals surface area contributed by atoms with Crippen molar-refractivity contribution < 1.29 is 0 Å². The van der Waals surface area contributed by atoms with Crippen molar-refractivity contribution in [2.45, 2.75) is 0 Å². The van der Waals surface area contributed by atoms with Crippen LogP contribution >= 0.6 is 0 Å². The van der Waals surface area contributed by atoms with Crippen LogP contribution in [-0.4, -0.2) is 15.0 Å². The molecule has 0 fully saturated rings. The minimum atomic E-state index is -0.191. The summed E-state index contributed by atoms with van der Waals surface area (Å²) in [6.45, 7) is 0. The number of nitrogens with two attached hydrogens (primary N) is 1. The first-order valence-corrected chi connectivity index (χ1v) is 5.70. The van der Waals surface area contributed by atoms with Crippen molar-refractivity contribution in [1.82, 2.24) is 15.0 Å². The quantitative estimate of drug-likeness (QED) is 0.645. The second-order valence-corrected chi connectivity index (χ2v) is 4.03. The number of fused-ring (bicyclic) bond motifs is 1. The van der Waals surface area contributed by atoms with Crippen molar-refractivity contribution in [3.05, 3.63) is 52.9 Å². The third-order valence-electron chi connectivity index (χ3n) is 2.65. The maximum atomic E-state index is 11.9. The average Bonchev–Trinajstić information content (AvgIpc) is 2.42. The van der Waals surface area contributed by atoms with E-state index >= 15 is 0 Å². The molecule has 4 N–H and O–H groups in total. The van der Waals surface area contributed by atoms with Gasteiger partial charge in [-0.1, -0.05) is 12.1 Å². The van der Waals surface area contributed by atoms with Gasteiger partial charge in [0.05, 0.1) is 22.8 Å². The number of H-pyrrole nitrogens is 1. The minimum absolute atomic E-state index is 0.191. The molecule has 0 aliphatic carbocycles. The van der Waals surface area contributed by atoms with E-state index in [0.29, 0.717) is 28.4 Å². The van der Waals surface area contributed by atoms with Gasteiger partial charge in [0, 0.05) is 0 Å². The van der Waals surface area contributed by atoms with Gasteiger partial charge in [-0.3, -0.25) is 9.78 Å². The summed E-state index contributed by atoms with van der Waals surface area (Å²) >= 11 is 0. The van der Waals surface area contributed by atoms with Crippen LogP contribution in [0.1, 0.15) is 0 Å². The van der Waals surface area contributed by atoms with Gasteiger partial charge in [0.2, 0.25) is 5.95 Å². The van der Waals surface area contributed by atoms with Crippen LogP contribution in [0.25, 0.3) is 10.9 Å². The van der Waals surface area contributed by atoms with Crippen molar-refractivity contribution in [3.63, 3.8) is 0 Å². The molecule has 3 rings (SSSR count). The average molecular weight is 253 g/mol. The highest BCUT2D eigenvalue weighted by molar-refractivity contribution is 5.78. The Morgan fingerprint density at radius 3 is 2.79 bits per heavy atom. The van der Waals surface area contributed by atoms with Crippen LogP contribution in [0.15, 0.2) is 47.4 Å². The molecule has 0 aliphatic rings. The largest absolute Gasteiger partial charge is 0.397 e. The number of anilines is 3. The zero-order chi connectivity index (χ0) is 13.2. The summed E-state index contributed by atoms with van der Waals surface area (Å²) in [6.07, 6.45) is 1.53. The molecule has 0 saturated carbocycles. The van der Waals surface area contributed by atoms with E-state index in [2.05, 4.69) is 20.3 Å². The van der Waals surface area contributed by atoms with Gasteiger partial charge in [-0.25, -0.2) is 9.97 Å². The molecule has 3 aromatic rings. The minimum Gasteiger partial charge on any atom is -0.397 e. The first-order valence-electron chi connectivity index (χ1n) is 5.70. The number of hydrogen-bond acceptors (Lipinski definition) is 5. The number of hydrogen-bond donors (Lipinski definition) is 3. The summed E-state index contributed by atoms with van der Waals surface area (Å²) in [5, 5.41) is 3.48. The van der Waals surface area contributed by atoms with E-state index in [1.54, 1.807) is 30.3 Å². The standard InChI is InChI=1S/C13H11N5O/c14-8-5-6-11(15-7-8)17-13-16-10-4-2-1-3-9(10)12(19)18-13/h1-7H,14H2,(H2,15,16,17,18,19). The second kappa shape index (κ2) is 4.41. The maximum absolute atomic E-state index is 11.9. The molecular formula is C13H11N5O. The van der Waals surface area contributed by atoms with E-state index in [-0.39, 0.29) is 5.56 Å². The molecule has 0 bridgehead atoms. The fraction of sp³-hybridized carbons (Fsp3) is 0. The molecule has 6 heteroatoms. The van der Waals surface area contributed by atoms with Crippen molar-refractivity contribution >= 4 is 28.4 Å². The zero-order valence-corrected chi connectivity index (χ0v) is 9.92. The number of aromatic amines is 1. The van der Waals surface area contributed by atoms with E-state index in [1.807, 2.05) is 6.07 Å². The van der Waals surface area contributed by atoms with Crippen molar-refractivity contribution in [2.24, 2.45) is 0 Å². The lowest BCUT2D eigenvalue weighted by molar-refractivity contribution is 1.15. The normalized spacial score (nSPS) is 10.5. The Balaban J connectivity index is 2.01. The molecular weight excluding hydrogens is 242 g/mol. The molecule has 0 spiro atoms. The molecule has 19 heavy (non-hydrogen) atoms. The molecule has 0 aliphatic heterocycles. The lowest BCUT2D eigenvalue weighted by atomic mass is 10.2. The lowest BCUT2D eigenvalue weighted by Gasteiger charge is -2.05. The predicted molar refractivity (Wildman–Crippen MR) is 74.3 cm³/mol. The van der Waals surface area contributed by atoms with Gasteiger partial charge in [-0.2, -0.15) is 0 Å². The van der Waals surface area contributed by atoms with Crippen LogP contribution in [0.3, 0.4) is 0 Å². The number of rotatable bonds is 2. The summed E-state index contributed by atoms with van der Waals surface area (Å²) in [4.78, 5) is 22.9. The summed E-state index contributed by atoms with van der Waals surface area (Å²) in [5.74, 6) is 0.911. The number of para-hydroxylation sites is 1. The third-order valence-corrected chi connectivity index (χ3v) is 2.65. The Labute approximate surface area is 108 Å². The molecule has 2 aromatic heterocycles. The Hall–Kier alpha value is -2.89. The van der Waals surface area contributed by atoms with Crippen LogP contribution in [0.4, 0.5) is 17.5 Å². The van der Waals surface area contributed by atoms with Gasteiger partial charge >= 0.3 is 0 Å². The first kappa shape index (κ1) is 11.2. The number of nitrogens with zero attached hydrogens (tertiary/aromatic N) is 2. The van der Waals surface area contributed by atoms with Crippen LogP contribution in [-0.2, 0) is 0 Å². The van der Waals surface area contributed by atoms with Crippen molar-refractivity contribution in [3.8, 4) is 0 Å². The molecule has 0 amide bonds. The Morgan fingerprint density at radius 2 is 2.00 bits per heavy atom. The van der Waals surface area contributed by atoms with E-state index in [0.717, 1.165) is 0 Å². The lowest BCUT2D eigenvalue weighted by Crippen LogP contribution is -2.11. The Kier molecular flexibility index (Phi) is 2.60. The first-order chi connectivity index (χ1) is 9.22. The van der Waals surface area contributed by atoms with E-state index < -0.39 is 0 Å². The highest BCUT2D eigenvalue weighted by Crippen LogP contribution is 2.13. The van der Waals surface area contributed by atoms with Crippen molar-refractivity contribution in [1.29, 1.82) is 0 Å². The monoisotopic (exact) mass is 253 g/mol. The van der Waals surface area contributed by atoms with Gasteiger partial charge in [0.25, 0.3) is 5.56 Å². The molecule has 0 atom stereocenters. The number of benzene rings is 1. The van der Waals surface area contributed by atoms with Crippen LogP contribution in [0, 0.1) is 0 Å². The zero-order valence-electron chi connectivity index (χ0n) is 9.92. The van der Waals surface area contributed by atoms with Crippen LogP contribution < -0.4 is 16.6 Å². The Bertz CT molecular complexity index is 779. The fourth-order valence-corrected chi connectivity index (χ4v) is 1.75. The maximum Gasteiger partial charge on any atom is 0.260 e. The summed E-state index contributed by atoms with van der Waals surface area (Å²) in [5.41, 5.74) is 6.57. The van der Waals surface area contributed by atoms with Gasteiger partial charge in [0.1, 0.15) is 5.82 Å². The molecule has 0 radical (unpaired) electrons. The van der Waals surface area contributed by atoms with Gasteiger partial charge < -0.3 is 11.1 Å². The van der Waals surface area contributed by atoms with Crippen molar-refractivity contribution in [2.75, 3.05) is 11.1 Å². The van der Waals surface area contributed by atoms with Crippen LogP contribution in [0.2, 0.25) is 0 Å². The second-order valence-electron chi connectivity index (χ2n) is 4.03. The molecule has 94 valence electrons. The summed E-state index contributed by atoms with van der Waals surface area (Å²) in [6, 6.07) is 10.6. The molecule has 0 saturated heterocycles. The molecule has 6 nitrogen and oxygen atoms in total. The van der Waals surface area contributed by atoms with E-state index in [1.165, 1.54) is 6.20 Å². The highest BCUT2D eigenvalue weighted by atomic mass is 16.1. The fourth-order valence-electron chi connectivity index (χ4n) is 1.75. The SMILES string of the molecule is Nc1ccc(Nc2nc3ccccc3c(=O)[nH]2)nc1. The number of aromatic nitrogens is 3. The highest BCUT2D eigenvalue weighted by Gasteiger charge is 2.03. The number of nitrogens with one attached hydrogen (secondary N) is 2. The topological polar surface area (TPSA) is 96.7 Å². The summed E-state index contributed by atoms with van der Waals surface area (Å²) in [7, 11) is 0. The van der Waals surface area contributed by atoms with Gasteiger partial charge in [-0.15, -0.1) is 0 Å². The molecule has 2 heterocycles. The number of pyridine rings is 1. The third kappa shape index (κ3) is 2.23. The van der Waals surface area contributed by atoms with Gasteiger partial charge in [-0.05, 0) is 24.3 Å². The van der Waals surface area contributed by atoms with Crippen LogP contribution in [0.5, 0.6) is 0 Å². The smallest absolute Gasteiger partial charge is 0.260 e. The van der Waals surface area contributed by atoms with E-state index in [9.17, 15) is 4.79 Å². The number of nitrogen functional groups attached to an aromatic ring is 1. The van der Waals surface area contributed by atoms with Gasteiger partial charge in [0.15, 0.2) is 0 Å². The molecule has 0 unspecified atom stereocenters. The molecule has 1 aromatic carbocycles. The predicted octanol–water partition coefficient (Wildman–Crippen LogP) is 1.64. The Morgan fingerprint density at radius 1 is 1.16 bits per heavy atom.